The molecule has 0 aliphatic heterocycles. The molecule has 0 aromatic heterocycles. The fraction of sp³-hybridized carbons (Fsp3) is 0.409. The van der Waals surface area contributed by atoms with Crippen molar-refractivity contribution in [2.24, 2.45) is 17.6 Å². The number of likely N-dealkylation sites (N-methyl/N-ethyl adjacent to an activating group) is 1. The predicted molar refractivity (Wildman–Crippen MR) is 117 cm³/mol. The lowest BCUT2D eigenvalue weighted by atomic mass is 9.53. The third-order valence-electron chi connectivity index (χ3n) is 7.09. The number of carbonyl (C=O) groups is 3. The number of hydrogen-bond donors (Lipinski definition) is 7. The van der Waals surface area contributed by atoms with Crippen LogP contribution in [0.5, 0.6) is 5.75 Å². The molecular formula is C22H23ClN2O9. The fourth-order valence-corrected chi connectivity index (χ4v) is 6.02. The van der Waals surface area contributed by atoms with Gasteiger partial charge in [-0.15, -0.1) is 0 Å². The standard InChI is InChI=1S/C22H23ClN2O9/c1-21(33)11-6(23)4-5-7(26)8(11)15(27)9-12(21)17(29)13-14(25(2)3)16(28)10(20(24)32)19(31)22(13,34)18(9)30/h4-5,12-14,17,26-27,29,31,33-34H,1-3H3,(H2,24,32). The van der Waals surface area contributed by atoms with Crippen molar-refractivity contribution in [1.82, 2.24) is 4.90 Å². The first-order chi connectivity index (χ1) is 15.6. The highest BCUT2D eigenvalue weighted by atomic mass is 35.5. The van der Waals surface area contributed by atoms with Gasteiger partial charge >= 0.3 is 0 Å². The van der Waals surface area contributed by atoms with Crippen LogP contribution in [0.15, 0.2) is 29.0 Å². The number of carbonyl (C=O) groups excluding carboxylic acids is 3. The minimum Gasteiger partial charge on any atom is -0.508 e. The molecule has 6 unspecified atom stereocenters. The zero-order chi connectivity index (χ0) is 25.7. The molecule has 11 nitrogen and oxygen atoms in total. The van der Waals surface area contributed by atoms with Crippen LogP contribution in [0.4, 0.5) is 0 Å². The minimum atomic E-state index is -3.06. The van der Waals surface area contributed by atoms with Gasteiger partial charge in [0.15, 0.2) is 11.4 Å². The number of phenolic OH excluding ortho intramolecular Hbond substituents is 1. The van der Waals surface area contributed by atoms with E-state index in [1.165, 1.54) is 32.0 Å². The number of Topliss-reactive ketones (excluding diaryl/α,β-unsaturated/α-hetero) is 2. The van der Waals surface area contributed by atoms with Gasteiger partial charge in [0.25, 0.3) is 5.91 Å². The van der Waals surface area contributed by atoms with E-state index < -0.39 is 86.6 Å². The minimum absolute atomic E-state index is 0.0912. The summed E-state index contributed by atoms with van der Waals surface area (Å²) in [4.78, 5) is 40.0. The number of hydrogen-bond acceptors (Lipinski definition) is 10. The molecule has 1 aromatic carbocycles. The summed E-state index contributed by atoms with van der Waals surface area (Å²) in [5.41, 5.74) is -2.33. The highest BCUT2D eigenvalue weighted by Crippen LogP contribution is 2.58. The van der Waals surface area contributed by atoms with Gasteiger partial charge in [0.1, 0.15) is 22.8 Å². The molecule has 0 radical (unpaired) electrons. The molecule has 0 spiro atoms. The zero-order valence-electron chi connectivity index (χ0n) is 18.3. The summed E-state index contributed by atoms with van der Waals surface area (Å²) in [6, 6.07) is 0.832. The first-order valence-corrected chi connectivity index (χ1v) is 10.6. The number of aromatic hydroxyl groups is 1. The van der Waals surface area contributed by atoms with E-state index in [4.69, 9.17) is 17.3 Å². The molecule has 3 aliphatic carbocycles. The number of halogens is 1. The summed E-state index contributed by atoms with van der Waals surface area (Å²) in [7, 11) is 2.76. The van der Waals surface area contributed by atoms with Crippen LogP contribution in [0, 0.1) is 11.8 Å². The Balaban J connectivity index is 2.13. The van der Waals surface area contributed by atoms with Crippen LogP contribution in [0.25, 0.3) is 5.76 Å². The normalized spacial score (nSPS) is 35.3. The quantitative estimate of drug-likeness (QED) is 0.256. The van der Waals surface area contributed by atoms with Crippen molar-refractivity contribution in [1.29, 1.82) is 0 Å². The molecule has 1 amide bonds. The molecule has 0 saturated heterocycles. The molecular weight excluding hydrogens is 472 g/mol. The molecule has 4 rings (SSSR count). The van der Waals surface area contributed by atoms with Gasteiger partial charge in [-0.05, 0) is 33.2 Å². The van der Waals surface area contributed by atoms with Gasteiger partial charge in [0.05, 0.1) is 40.7 Å². The first-order valence-electron chi connectivity index (χ1n) is 10.2. The second-order valence-electron chi connectivity index (χ2n) is 9.18. The number of aliphatic hydroxyl groups excluding tert-OH is 3. The smallest absolute Gasteiger partial charge is 0.255 e. The van der Waals surface area contributed by atoms with E-state index in [9.17, 15) is 45.0 Å². The van der Waals surface area contributed by atoms with Gasteiger partial charge < -0.3 is 36.4 Å². The van der Waals surface area contributed by atoms with Gasteiger partial charge in [-0.2, -0.15) is 0 Å². The number of benzene rings is 1. The average Bonchev–Trinajstić information content (AvgIpc) is 2.72. The Kier molecular flexibility index (Phi) is 5.17. The van der Waals surface area contributed by atoms with Gasteiger partial charge in [-0.1, -0.05) is 11.6 Å². The Morgan fingerprint density at radius 1 is 1.15 bits per heavy atom. The van der Waals surface area contributed by atoms with Crippen LogP contribution in [0.3, 0.4) is 0 Å². The zero-order valence-corrected chi connectivity index (χ0v) is 19.0. The predicted octanol–water partition coefficient (Wildman–Crippen LogP) is -0.747. The first kappa shape index (κ1) is 24.2. The largest absolute Gasteiger partial charge is 0.508 e. The van der Waals surface area contributed by atoms with Crippen molar-refractivity contribution < 1.29 is 45.0 Å². The van der Waals surface area contributed by atoms with Crippen LogP contribution >= 0.6 is 11.6 Å². The number of aliphatic hydroxyl groups is 5. The fourth-order valence-electron chi connectivity index (χ4n) is 5.68. The number of fused-ring (bicyclic) bond motifs is 3. The lowest BCUT2D eigenvalue weighted by Gasteiger charge is -2.55. The summed E-state index contributed by atoms with van der Waals surface area (Å²) >= 11 is 6.24. The van der Waals surface area contributed by atoms with Crippen LogP contribution in [-0.4, -0.2) is 84.9 Å². The molecule has 182 valence electrons. The maximum absolute atomic E-state index is 13.7. The Hall–Kier alpha value is -2.96. The van der Waals surface area contributed by atoms with Crippen molar-refractivity contribution in [2.75, 3.05) is 14.1 Å². The highest BCUT2D eigenvalue weighted by Gasteiger charge is 2.70. The summed E-state index contributed by atoms with van der Waals surface area (Å²) in [6.07, 6.45) is -1.94. The van der Waals surface area contributed by atoms with E-state index in [0.29, 0.717) is 0 Å². The SMILES string of the molecule is CN(C)C1C(=O)C(C(N)=O)=C(O)C2(O)C(=O)C3=C(O)c4c(O)ccc(Cl)c4C(C)(O)C3C(O)C12. The lowest BCUT2D eigenvalue weighted by molar-refractivity contribution is -0.181. The Labute approximate surface area is 198 Å². The molecule has 6 atom stereocenters. The van der Waals surface area contributed by atoms with E-state index in [2.05, 4.69) is 0 Å². The molecule has 1 fully saturated rings. The molecule has 34 heavy (non-hydrogen) atoms. The lowest BCUT2D eigenvalue weighted by Crippen LogP contribution is -2.71. The molecule has 1 saturated carbocycles. The van der Waals surface area contributed by atoms with Gasteiger partial charge in [0.2, 0.25) is 5.78 Å². The molecule has 3 aliphatic rings. The number of ketones is 2. The molecule has 0 bridgehead atoms. The van der Waals surface area contributed by atoms with Crippen LogP contribution in [0.2, 0.25) is 5.02 Å². The van der Waals surface area contributed by atoms with Crippen molar-refractivity contribution in [2.45, 2.75) is 30.3 Å². The van der Waals surface area contributed by atoms with E-state index in [-0.39, 0.29) is 10.6 Å². The molecule has 8 N–H and O–H groups in total. The van der Waals surface area contributed by atoms with E-state index >= 15 is 0 Å². The van der Waals surface area contributed by atoms with Crippen molar-refractivity contribution in [3.8, 4) is 5.75 Å². The summed E-state index contributed by atoms with van der Waals surface area (Å²) in [6.45, 7) is 1.19. The summed E-state index contributed by atoms with van der Waals surface area (Å²) in [5.74, 6) is -10.1. The van der Waals surface area contributed by atoms with E-state index in [1.54, 1.807) is 0 Å². The van der Waals surface area contributed by atoms with E-state index in [0.717, 1.165) is 6.07 Å². The second-order valence-corrected chi connectivity index (χ2v) is 9.58. The Morgan fingerprint density at radius 2 is 1.74 bits per heavy atom. The highest BCUT2D eigenvalue weighted by molar-refractivity contribution is 6.32. The topological polar surface area (TPSA) is 202 Å². The van der Waals surface area contributed by atoms with Crippen LogP contribution in [-0.2, 0) is 20.0 Å². The number of primary amides is 1. The van der Waals surface area contributed by atoms with Gasteiger partial charge in [-0.3, -0.25) is 19.3 Å². The van der Waals surface area contributed by atoms with E-state index in [1.807, 2.05) is 0 Å². The van der Waals surface area contributed by atoms with Crippen molar-refractivity contribution >= 4 is 34.8 Å². The molecule has 12 heteroatoms. The number of nitrogens with two attached hydrogens (primary N) is 1. The van der Waals surface area contributed by atoms with Crippen LogP contribution < -0.4 is 5.73 Å². The number of rotatable bonds is 2. The molecule has 1 aromatic rings. The van der Waals surface area contributed by atoms with Gasteiger partial charge in [-0.25, -0.2) is 0 Å². The number of phenols is 1. The number of amides is 1. The third-order valence-corrected chi connectivity index (χ3v) is 7.40. The van der Waals surface area contributed by atoms with Crippen molar-refractivity contribution in [3.63, 3.8) is 0 Å². The maximum Gasteiger partial charge on any atom is 0.255 e. The average molecular weight is 495 g/mol. The monoisotopic (exact) mass is 494 g/mol. The Bertz CT molecular complexity index is 1230. The van der Waals surface area contributed by atoms with Crippen LogP contribution in [0.1, 0.15) is 18.1 Å². The molecule has 0 heterocycles. The van der Waals surface area contributed by atoms with Gasteiger partial charge in [0, 0.05) is 10.6 Å². The van der Waals surface area contributed by atoms with Crippen molar-refractivity contribution in [3.05, 3.63) is 45.2 Å². The summed E-state index contributed by atoms with van der Waals surface area (Å²) in [5, 5.41) is 66.6. The number of nitrogens with zero attached hydrogens (tertiary/aromatic N) is 1. The second kappa shape index (κ2) is 7.27. The Morgan fingerprint density at radius 3 is 2.26 bits per heavy atom. The third kappa shape index (κ3) is 2.70. The maximum atomic E-state index is 13.7. The summed E-state index contributed by atoms with van der Waals surface area (Å²) < 4.78 is 0.